The summed E-state index contributed by atoms with van der Waals surface area (Å²) in [4.78, 5) is 27.6. The molecule has 1 N–H and O–H groups in total. The van der Waals surface area contributed by atoms with Crippen LogP contribution in [0.15, 0.2) is 42.5 Å². The zero-order valence-electron chi connectivity index (χ0n) is 21.7. The molecule has 2 rings (SSSR count). The molecule has 1 unspecified atom stereocenters. The third kappa shape index (κ3) is 8.41. The Labute approximate surface area is 219 Å². The number of benzene rings is 2. The van der Waals surface area contributed by atoms with Gasteiger partial charge >= 0.3 is 0 Å². The molecule has 0 aromatic heterocycles. The third-order valence-electron chi connectivity index (χ3n) is 5.68. The van der Waals surface area contributed by atoms with Gasteiger partial charge < -0.3 is 15.0 Å². The number of hydrogen-bond donors (Lipinski definition) is 1. The molecule has 0 saturated heterocycles. The zero-order chi connectivity index (χ0) is 27.0. The molecule has 1 atom stereocenters. The summed E-state index contributed by atoms with van der Waals surface area (Å²) in [6.07, 6.45) is 1.46. The van der Waals surface area contributed by atoms with Crippen LogP contribution in [0.2, 0.25) is 5.02 Å². The lowest BCUT2D eigenvalue weighted by Gasteiger charge is -2.30. The molecule has 0 aliphatic rings. The quantitative estimate of drug-likeness (QED) is 0.439. The standard InChI is InChI=1S/C26H36ClN3O5S/c1-18(2)28-26(32)20(4)29(17-21-9-7-10-23(15-21)35-5)25(31)11-8-14-30(36(6,33)34)24-16-22(27)13-12-19(24)3/h7,9-10,12-13,15-16,18,20H,8,11,14,17H2,1-6H3,(H,28,32). The van der Waals surface area contributed by atoms with E-state index in [1.807, 2.05) is 38.1 Å². The molecule has 0 radical (unpaired) electrons. The van der Waals surface area contributed by atoms with Crippen LogP contribution in [0.25, 0.3) is 0 Å². The summed E-state index contributed by atoms with van der Waals surface area (Å²) in [7, 11) is -2.04. The van der Waals surface area contributed by atoms with Gasteiger partial charge in [0.05, 0.1) is 19.1 Å². The highest BCUT2D eigenvalue weighted by molar-refractivity contribution is 7.92. The number of amides is 2. The number of ether oxygens (including phenoxy) is 1. The third-order valence-corrected chi connectivity index (χ3v) is 7.09. The van der Waals surface area contributed by atoms with E-state index in [-0.39, 0.29) is 43.8 Å². The number of nitrogens with zero attached hydrogens (tertiary/aromatic N) is 2. The van der Waals surface area contributed by atoms with Crippen molar-refractivity contribution < 1.29 is 22.7 Å². The SMILES string of the molecule is COc1cccc(CN(C(=O)CCCN(c2cc(Cl)ccc2C)S(C)(=O)=O)C(C)C(=O)NC(C)C)c1. The molecule has 0 spiro atoms. The molecule has 0 aliphatic heterocycles. The van der Waals surface area contributed by atoms with Gasteiger partial charge in [0, 0.05) is 30.6 Å². The van der Waals surface area contributed by atoms with Crippen molar-refractivity contribution in [2.75, 3.05) is 24.2 Å². The highest BCUT2D eigenvalue weighted by atomic mass is 35.5. The van der Waals surface area contributed by atoms with E-state index in [2.05, 4.69) is 5.32 Å². The van der Waals surface area contributed by atoms with E-state index in [0.717, 1.165) is 17.4 Å². The number of hydrogen-bond acceptors (Lipinski definition) is 5. The minimum absolute atomic E-state index is 0.0644. The maximum Gasteiger partial charge on any atom is 0.242 e. The van der Waals surface area contributed by atoms with Gasteiger partial charge in [-0.3, -0.25) is 13.9 Å². The predicted octanol–water partition coefficient (Wildman–Crippen LogP) is 4.15. The van der Waals surface area contributed by atoms with Crippen LogP contribution in [0.3, 0.4) is 0 Å². The number of sulfonamides is 1. The fraction of sp³-hybridized carbons (Fsp3) is 0.462. The first kappa shape index (κ1) is 29.5. The van der Waals surface area contributed by atoms with Crippen molar-refractivity contribution in [3.8, 4) is 5.75 Å². The molecular weight excluding hydrogens is 502 g/mol. The van der Waals surface area contributed by atoms with E-state index in [1.165, 1.54) is 9.21 Å². The zero-order valence-corrected chi connectivity index (χ0v) is 23.3. The van der Waals surface area contributed by atoms with Crippen molar-refractivity contribution in [3.63, 3.8) is 0 Å². The Morgan fingerprint density at radius 2 is 1.81 bits per heavy atom. The molecule has 36 heavy (non-hydrogen) atoms. The van der Waals surface area contributed by atoms with Crippen molar-refractivity contribution >= 4 is 39.1 Å². The summed E-state index contributed by atoms with van der Waals surface area (Å²) in [6, 6.07) is 11.6. The summed E-state index contributed by atoms with van der Waals surface area (Å²) in [6.45, 7) is 7.53. The topological polar surface area (TPSA) is 96.0 Å². The lowest BCUT2D eigenvalue weighted by atomic mass is 10.1. The second kappa shape index (κ2) is 13.0. The number of rotatable bonds is 12. The van der Waals surface area contributed by atoms with Gasteiger partial charge in [0.1, 0.15) is 11.8 Å². The Kier molecular flexibility index (Phi) is 10.6. The van der Waals surface area contributed by atoms with E-state index in [1.54, 1.807) is 39.2 Å². The van der Waals surface area contributed by atoms with Gasteiger partial charge in [-0.1, -0.05) is 29.8 Å². The second-order valence-corrected chi connectivity index (χ2v) is 11.4. The summed E-state index contributed by atoms with van der Waals surface area (Å²) in [5, 5.41) is 3.28. The van der Waals surface area contributed by atoms with Crippen LogP contribution in [0, 0.1) is 6.92 Å². The molecule has 2 amide bonds. The first-order valence-electron chi connectivity index (χ1n) is 11.8. The number of anilines is 1. The first-order chi connectivity index (χ1) is 16.8. The van der Waals surface area contributed by atoms with Crippen LogP contribution in [-0.4, -0.2) is 57.1 Å². The molecule has 2 aromatic rings. The molecule has 198 valence electrons. The van der Waals surface area contributed by atoms with Gasteiger partial charge in [-0.05, 0) is 69.5 Å². The molecule has 0 aliphatic carbocycles. The summed E-state index contributed by atoms with van der Waals surface area (Å²) in [5.41, 5.74) is 2.06. The Balaban J connectivity index is 2.22. The maximum atomic E-state index is 13.3. The molecule has 0 bridgehead atoms. The lowest BCUT2D eigenvalue weighted by molar-refractivity contribution is -0.140. The largest absolute Gasteiger partial charge is 0.497 e. The molecule has 0 fully saturated rings. The second-order valence-electron chi connectivity index (χ2n) is 9.08. The maximum absolute atomic E-state index is 13.3. The van der Waals surface area contributed by atoms with Crippen LogP contribution in [0.5, 0.6) is 5.75 Å². The highest BCUT2D eigenvalue weighted by Crippen LogP contribution is 2.27. The van der Waals surface area contributed by atoms with Crippen LogP contribution in [-0.2, 0) is 26.2 Å². The summed E-state index contributed by atoms with van der Waals surface area (Å²) < 4.78 is 31.6. The van der Waals surface area contributed by atoms with Crippen molar-refractivity contribution in [1.29, 1.82) is 0 Å². The number of methoxy groups -OCH3 is 1. The summed E-state index contributed by atoms with van der Waals surface area (Å²) in [5.74, 6) is 0.147. The van der Waals surface area contributed by atoms with E-state index >= 15 is 0 Å². The Bertz CT molecular complexity index is 1170. The number of nitrogens with one attached hydrogen (secondary N) is 1. The van der Waals surface area contributed by atoms with Crippen molar-refractivity contribution in [2.45, 2.75) is 59.2 Å². The smallest absolute Gasteiger partial charge is 0.242 e. The van der Waals surface area contributed by atoms with E-state index in [0.29, 0.717) is 16.5 Å². The van der Waals surface area contributed by atoms with Gasteiger partial charge in [0.25, 0.3) is 0 Å². The number of aryl methyl sites for hydroxylation is 1. The first-order valence-corrected chi connectivity index (χ1v) is 14.0. The van der Waals surface area contributed by atoms with Gasteiger partial charge in [-0.25, -0.2) is 8.42 Å². The number of halogens is 1. The minimum Gasteiger partial charge on any atom is -0.497 e. The van der Waals surface area contributed by atoms with Gasteiger partial charge in [-0.2, -0.15) is 0 Å². The van der Waals surface area contributed by atoms with E-state index < -0.39 is 16.1 Å². The monoisotopic (exact) mass is 537 g/mol. The molecule has 0 heterocycles. The normalized spacial score (nSPS) is 12.2. The molecular formula is C26H36ClN3O5S. The Hall–Kier alpha value is -2.78. The van der Waals surface area contributed by atoms with Crippen LogP contribution in [0.4, 0.5) is 5.69 Å². The van der Waals surface area contributed by atoms with E-state index in [4.69, 9.17) is 16.3 Å². The number of carbonyl (C=O) groups is 2. The highest BCUT2D eigenvalue weighted by Gasteiger charge is 2.27. The van der Waals surface area contributed by atoms with Gasteiger partial charge in [0.15, 0.2) is 0 Å². The molecule has 8 nitrogen and oxygen atoms in total. The molecule has 10 heteroatoms. The molecule has 2 aromatic carbocycles. The van der Waals surface area contributed by atoms with Crippen molar-refractivity contribution in [2.24, 2.45) is 0 Å². The van der Waals surface area contributed by atoms with Crippen LogP contribution < -0.4 is 14.4 Å². The van der Waals surface area contributed by atoms with Crippen molar-refractivity contribution in [1.82, 2.24) is 10.2 Å². The minimum atomic E-state index is -3.60. The fourth-order valence-electron chi connectivity index (χ4n) is 3.79. The molecule has 0 saturated carbocycles. The number of carbonyl (C=O) groups excluding carboxylic acids is 2. The predicted molar refractivity (Wildman–Crippen MR) is 144 cm³/mol. The van der Waals surface area contributed by atoms with Crippen LogP contribution in [0.1, 0.15) is 44.7 Å². The van der Waals surface area contributed by atoms with Crippen LogP contribution >= 0.6 is 11.6 Å². The summed E-state index contributed by atoms with van der Waals surface area (Å²) >= 11 is 6.11. The van der Waals surface area contributed by atoms with Gasteiger partial charge in [0.2, 0.25) is 21.8 Å². The van der Waals surface area contributed by atoms with E-state index in [9.17, 15) is 18.0 Å². The Morgan fingerprint density at radius 1 is 1.11 bits per heavy atom. The fourth-order valence-corrected chi connectivity index (χ4v) is 4.97. The van der Waals surface area contributed by atoms with Crippen molar-refractivity contribution in [3.05, 3.63) is 58.6 Å². The Morgan fingerprint density at radius 3 is 2.42 bits per heavy atom. The average Bonchev–Trinajstić information content (AvgIpc) is 2.80. The average molecular weight is 538 g/mol. The lowest BCUT2D eigenvalue weighted by Crippen LogP contribution is -2.49. The van der Waals surface area contributed by atoms with Gasteiger partial charge in [-0.15, -0.1) is 0 Å².